The van der Waals surface area contributed by atoms with E-state index in [0.717, 1.165) is 11.1 Å². The first-order chi connectivity index (χ1) is 7.48. The Labute approximate surface area is 96.2 Å². The van der Waals surface area contributed by atoms with Crippen LogP contribution in [-0.2, 0) is 16.8 Å². The first kappa shape index (κ1) is 13.1. The first-order valence-corrected chi connectivity index (χ1v) is 6.46. The van der Waals surface area contributed by atoms with Gasteiger partial charge >= 0.3 is 0 Å². The van der Waals surface area contributed by atoms with Crippen LogP contribution in [0.25, 0.3) is 0 Å². The molecule has 0 bridgehead atoms. The number of benzene rings is 1. The number of hydrogen-bond donors (Lipinski definition) is 3. The Hall–Kier alpha value is -0.950. The zero-order chi connectivity index (χ0) is 12.2. The second-order valence-corrected chi connectivity index (χ2v) is 5.14. The predicted octanol–water partition coefficient (Wildman–Crippen LogP) is 0.260. The van der Waals surface area contributed by atoms with Gasteiger partial charge in [0.2, 0.25) is 0 Å². The summed E-state index contributed by atoms with van der Waals surface area (Å²) in [6.07, 6.45) is 0. The molecular weight excluding hydrogens is 226 g/mol. The number of hydrogen-bond acceptors (Lipinski definition) is 3. The summed E-state index contributed by atoms with van der Waals surface area (Å²) in [4.78, 5) is 0. The molecule has 0 saturated carbocycles. The molecule has 0 spiro atoms. The largest absolute Gasteiger partial charge is 0.326 e. The van der Waals surface area contributed by atoms with Crippen LogP contribution >= 0.6 is 0 Å². The van der Waals surface area contributed by atoms with Crippen LogP contribution in [0.15, 0.2) is 24.3 Å². The van der Waals surface area contributed by atoms with E-state index in [-0.39, 0.29) is 6.04 Å². The van der Waals surface area contributed by atoms with Gasteiger partial charge in [0.1, 0.15) is 0 Å². The Morgan fingerprint density at radius 2 is 1.88 bits per heavy atom. The van der Waals surface area contributed by atoms with Gasteiger partial charge in [0.05, 0.1) is 0 Å². The molecule has 0 aliphatic heterocycles. The third kappa shape index (κ3) is 3.57. The van der Waals surface area contributed by atoms with E-state index >= 15 is 0 Å². The fourth-order valence-electron chi connectivity index (χ4n) is 1.30. The second-order valence-electron chi connectivity index (χ2n) is 3.49. The second kappa shape index (κ2) is 5.40. The van der Waals surface area contributed by atoms with Gasteiger partial charge in [-0.05, 0) is 18.1 Å². The summed E-state index contributed by atoms with van der Waals surface area (Å²) < 4.78 is 27.2. The first-order valence-electron chi connectivity index (χ1n) is 4.98. The van der Waals surface area contributed by atoms with E-state index in [4.69, 9.17) is 5.73 Å². The highest BCUT2D eigenvalue weighted by molar-refractivity contribution is 7.87. The summed E-state index contributed by atoms with van der Waals surface area (Å²) in [6, 6.07) is 7.24. The molecule has 0 fully saturated rings. The molecule has 0 aliphatic carbocycles. The van der Waals surface area contributed by atoms with Gasteiger partial charge in [0.15, 0.2) is 0 Å². The maximum atomic E-state index is 11.3. The molecule has 1 atom stereocenters. The monoisotopic (exact) mass is 243 g/mol. The molecule has 4 N–H and O–H groups in total. The minimum atomic E-state index is -3.41. The van der Waals surface area contributed by atoms with E-state index in [0.29, 0.717) is 6.54 Å². The Bertz CT molecular complexity index is 428. The Morgan fingerprint density at radius 3 is 2.31 bits per heavy atom. The molecule has 1 aromatic carbocycles. The van der Waals surface area contributed by atoms with E-state index in [2.05, 4.69) is 9.44 Å². The zero-order valence-electron chi connectivity index (χ0n) is 9.40. The van der Waals surface area contributed by atoms with Crippen molar-refractivity contribution < 1.29 is 8.42 Å². The van der Waals surface area contributed by atoms with Crippen molar-refractivity contribution in [2.24, 2.45) is 5.73 Å². The average molecular weight is 243 g/mol. The van der Waals surface area contributed by atoms with Crippen molar-refractivity contribution in [2.75, 3.05) is 7.05 Å². The van der Waals surface area contributed by atoms with Crippen molar-refractivity contribution >= 4 is 10.2 Å². The van der Waals surface area contributed by atoms with Gasteiger partial charge in [0.25, 0.3) is 10.2 Å². The highest BCUT2D eigenvalue weighted by Crippen LogP contribution is 2.13. The van der Waals surface area contributed by atoms with E-state index in [9.17, 15) is 8.42 Å². The highest BCUT2D eigenvalue weighted by atomic mass is 32.2. The fraction of sp³-hybridized carbons (Fsp3) is 0.400. The van der Waals surface area contributed by atoms with Gasteiger partial charge in [-0.3, -0.25) is 0 Å². The average Bonchev–Trinajstić information content (AvgIpc) is 2.28. The normalized spacial score (nSPS) is 13.7. The van der Waals surface area contributed by atoms with Crippen LogP contribution in [0.5, 0.6) is 0 Å². The van der Waals surface area contributed by atoms with Crippen molar-refractivity contribution in [2.45, 2.75) is 19.5 Å². The molecule has 1 unspecified atom stereocenters. The molecule has 0 radical (unpaired) electrons. The van der Waals surface area contributed by atoms with Crippen LogP contribution in [0.2, 0.25) is 0 Å². The molecule has 0 heterocycles. The van der Waals surface area contributed by atoms with Gasteiger partial charge in [-0.2, -0.15) is 13.1 Å². The zero-order valence-corrected chi connectivity index (χ0v) is 10.2. The maximum absolute atomic E-state index is 11.3. The number of nitrogens with two attached hydrogens (primary N) is 1. The van der Waals surface area contributed by atoms with Gasteiger partial charge in [-0.15, -0.1) is 0 Å². The third-order valence-corrected chi connectivity index (χ3v) is 3.52. The lowest BCUT2D eigenvalue weighted by Crippen LogP contribution is -2.35. The lowest BCUT2D eigenvalue weighted by Gasteiger charge is -2.14. The molecule has 1 aromatic rings. The van der Waals surface area contributed by atoms with E-state index in [1.807, 2.05) is 24.3 Å². The third-order valence-electron chi connectivity index (χ3n) is 2.32. The molecule has 5 nitrogen and oxygen atoms in total. The van der Waals surface area contributed by atoms with Gasteiger partial charge in [-0.25, -0.2) is 4.72 Å². The summed E-state index contributed by atoms with van der Waals surface area (Å²) in [5.41, 5.74) is 7.40. The number of nitrogens with one attached hydrogen (secondary N) is 2. The lowest BCUT2D eigenvalue weighted by molar-refractivity contribution is 0.558. The number of rotatable bonds is 5. The van der Waals surface area contributed by atoms with Crippen LogP contribution in [0.3, 0.4) is 0 Å². The summed E-state index contributed by atoms with van der Waals surface area (Å²) in [5.74, 6) is 0. The summed E-state index contributed by atoms with van der Waals surface area (Å²) in [7, 11) is -2.04. The Kier molecular flexibility index (Phi) is 4.43. The van der Waals surface area contributed by atoms with Gasteiger partial charge < -0.3 is 5.73 Å². The van der Waals surface area contributed by atoms with Crippen LogP contribution < -0.4 is 15.2 Å². The summed E-state index contributed by atoms with van der Waals surface area (Å²) in [5, 5.41) is 0. The standard InChI is InChI=1S/C10H17N3O2S/c1-8(13-16(14,15)12-2)10-5-3-9(7-11)4-6-10/h3-6,8,12-13H,7,11H2,1-2H3. The quantitative estimate of drug-likeness (QED) is 0.693. The molecular formula is C10H17N3O2S. The van der Waals surface area contributed by atoms with Gasteiger partial charge in [0, 0.05) is 19.6 Å². The fourth-order valence-corrected chi connectivity index (χ4v) is 2.02. The SMILES string of the molecule is CNS(=O)(=O)NC(C)c1ccc(CN)cc1. The smallest absolute Gasteiger partial charge is 0.277 e. The van der Waals surface area contributed by atoms with Crippen molar-refractivity contribution in [3.8, 4) is 0 Å². The topological polar surface area (TPSA) is 84.2 Å². The van der Waals surface area contributed by atoms with E-state index in [1.165, 1.54) is 7.05 Å². The summed E-state index contributed by atoms with van der Waals surface area (Å²) in [6.45, 7) is 2.27. The molecule has 0 amide bonds. The molecule has 90 valence electrons. The van der Waals surface area contributed by atoms with Crippen LogP contribution in [-0.4, -0.2) is 15.5 Å². The van der Waals surface area contributed by atoms with Crippen LogP contribution in [0.1, 0.15) is 24.1 Å². The maximum Gasteiger partial charge on any atom is 0.277 e. The molecule has 1 rings (SSSR count). The van der Waals surface area contributed by atoms with Crippen LogP contribution in [0.4, 0.5) is 0 Å². The Balaban J connectivity index is 2.77. The highest BCUT2D eigenvalue weighted by Gasteiger charge is 2.12. The van der Waals surface area contributed by atoms with E-state index < -0.39 is 10.2 Å². The minimum Gasteiger partial charge on any atom is -0.326 e. The lowest BCUT2D eigenvalue weighted by atomic mass is 10.1. The van der Waals surface area contributed by atoms with Crippen molar-refractivity contribution in [3.63, 3.8) is 0 Å². The molecule has 0 aliphatic rings. The molecule has 0 saturated heterocycles. The van der Waals surface area contributed by atoms with Crippen molar-refractivity contribution in [1.29, 1.82) is 0 Å². The summed E-state index contributed by atoms with van der Waals surface area (Å²) >= 11 is 0. The van der Waals surface area contributed by atoms with Crippen LogP contribution in [0, 0.1) is 0 Å². The minimum absolute atomic E-state index is 0.274. The van der Waals surface area contributed by atoms with Crippen molar-refractivity contribution in [3.05, 3.63) is 35.4 Å². The van der Waals surface area contributed by atoms with E-state index in [1.54, 1.807) is 6.92 Å². The van der Waals surface area contributed by atoms with Gasteiger partial charge in [-0.1, -0.05) is 24.3 Å². The Morgan fingerprint density at radius 1 is 1.31 bits per heavy atom. The molecule has 0 aromatic heterocycles. The molecule has 6 heteroatoms. The molecule has 16 heavy (non-hydrogen) atoms. The van der Waals surface area contributed by atoms with Crippen molar-refractivity contribution in [1.82, 2.24) is 9.44 Å². The predicted molar refractivity (Wildman–Crippen MR) is 63.9 cm³/mol.